The molecular weight excluding hydrogens is 656 g/mol. The molecule has 0 aromatic heterocycles. The molecule has 0 saturated heterocycles. The molecule has 2 aliphatic carbocycles. The zero-order valence-electron chi connectivity index (χ0n) is 27.2. The van der Waals surface area contributed by atoms with Gasteiger partial charge in [0.05, 0.1) is 12.8 Å². The van der Waals surface area contributed by atoms with Gasteiger partial charge in [-0.3, -0.25) is 9.59 Å². The standard InChI is InChI=1S/C38H34N4O9/c39-33(43)17-31(41-37(47)49-19-29-25-13-5-1-9-21(25)22-10-2-6-14-26(22)29)35(45)51-36(46)32(18-34(40)44)42-38(48)50-20-30-27-15-7-3-11-23(27)24-12-4-8-16-28(24)30/h1-16,29-32H,17-20H2,(H2,39,43)(H2,40,44)(H,41,47)(H,42,48)/t31-,32-/m0/s1. The summed E-state index contributed by atoms with van der Waals surface area (Å²) in [5, 5.41) is 4.44. The molecule has 13 heteroatoms. The van der Waals surface area contributed by atoms with Gasteiger partial charge < -0.3 is 36.3 Å². The first kappa shape index (κ1) is 34.4. The molecule has 6 N–H and O–H groups in total. The quantitative estimate of drug-likeness (QED) is 0.0972. The van der Waals surface area contributed by atoms with Gasteiger partial charge in [0.25, 0.3) is 0 Å². The molecule has 4 amide bonds. The number of carbonyl (C=O) groups excluding carboxylic acids is 6. The average molecular weight is 691 g/mol. The van der Waals surface area contributed by atoms with Crippen LogP contribution in [0.2, 0.25) is 0 Å². The molecule has 0 unspecified atom stereocenters. The topological polar surface area (TPSA) is 206 Å². The fourth-order valence-corrected chi connectivity index (χ4v) is 6.60. The van der Waals surface area contributed by atoms with Gasteiger partial charge in [0.15, 0.2) is 0 Å². The first-order chi connectivity index (χ1) is 24.6. The largest absolute Gasteiger partial charge is 0.449 e. The minimum atomic E-state index is -1.73. The van der Waals surface area contributed by atoms with Crippen LogP contribution < -0.4 is 22.1 Å². The molecule has 4 aromatic carbocycles. The molecule has 260 valence electrons. The zero-order valence-corrected chi connectivity index (χ0v) is 27.2. The van der Waals surface area contributed by atoms with Gasteiger partial charge >= 0.3 is 24.1 Å². The number of nitrogens with one attached hydrogen (secondary N) is 2. The van der Waals surface area contributed by atoms with E-state index < -0.39 is 60.9 Å². The first-order valence-electron chi connectivity index (χ1n) is 16.2. The van der Waals surface area contributed by atoms with E-state index in [0.29, 0.717) is 0 Å². The van der Waals surface area contributed by atoms with Crippen LogP contribution in [-0.2, 0) is 33.4 Å². The Labute approximate surface area is 292 Å². The lowest BCUT2D eigenvalue weighted by atomic mass is 9.98. The molecule has 13 nitrogen and oxygen atoms in total. The van der Waals surface area contributed by atoms with Gasteiger partial charge in [0.2, 0.25) is 11.8 Å². The summed E-state index contributed by atoms with van der Waals surface area (Å²) in [5.41, 5.74) is 18.4. The Hall–Kier alpha value is -6.50. The van der Waals surface area contributed by atoms with Gasteiger partial charge in [-0.15, -0.1) is 0 Å². The molecule has 0 aliphatic heterocycles. The van der Waals surface area contributed by atoms with Crippen LogP contribution in [0.15, 0.2) is 97.1 Å². The summed E-state index contributed by atoms with van der Waals surface area (Å²) >= 11 is 0. The summed E-state index contributed by atoms with van der Waals surface area (Å²) in [4.78, 5) is 75.4. The van der Waals surface area contributed by atoms with E-state index in [9.17, 15) is 28.8 Å². The van der Waals surface area contributed by atoms with E-state index in [1.165, 1.54) is 0 Å². The molecule has 0 radical (unpaired) electrons. The number of esters is 2. The van der Waals surface area contributed by atoms with Gasteiger partial charge in [0.1, 0.15) is 25.3 Å². The third-order valence-corrected chi connectivity index (χ3v) is 8.85. The van der Waals surface area contributed by atoms with Gasteiger partial charge in [-0.1, -0.05) is 97.1 Å². The number of fused-ring (bicyclic) bond motifs is 6. The van der Waals surface area contributed by atoms with Crippen LogP contribution in [0.1, 0.15) is 46.9 Å². The van der Waals surface area contributed by atoms with Crippen molar-refractivity contribution in [3.05, 3.63) is 119 Å². The molecule has 4 aromatic rings. The minimum Gasteiger partial charge on any atom is -0.449 e. The van der Waals surface area contributed by atoms with Crippen molar-refractivity contribution < 1.29 is 43.0 Å². The number of carbonyl (C=O) groups is 6. The Bertz CT molecular complexity index is 1800. The SMILES string of the molecule is NC(=O)C[C@H](NC(=O)OCC1c2ccccc2-c2ccccc21)C(=O)OC(=O)[C@H](CC(N)=O)NC(=O)OCC1c2ccccc2-c2ccccc21. The second-order valence-electron chi connectivity index (χ2n) is 12.1. The highest BCUT2D eigenvalue weighted by molar-refractivity contribution is 5.97. The van der Waals surface area contributed by atoms with Crippen LogP contribution in [0, 0.1) is 0 Å². The van der Waals surface area contributed by atoms with E-state index in [0.717, 1.165) is 44.5 Å². The van der Waals surface area contributed by atoms with E-state index in [-0.39, 0.29) is 25.0 Å². The average Bonchev–Trinajstić information content (AvgIpc) is 3.61. The number of amides is 4. The van der Waals surface area contributed by atoms with Crippen LogP contribution in [0.4, 0.5) is 9.59 Å². The van der Waals surface area contributed by atoms with Gasteiger partial charge in [-0.2, -0.15) is 0 Å². The Morgan fingerprint density at radius 2 is 0.804 bits per heavy atom. The van der Waals surface area contributed by atoms with Crippen LogP contribution in [0.3, 0.4) is 0 Å². The minimum absolute atomic E-state index is 0.0954. The summed E-state index contributed by atoms with van der Waals surface area (Å²) in [6.07, 6.45) is -3.62. The number of hydrogen-bond donors (Lipinski definition) is 4. The predicted octanol–water partition coefficient (Wildman–Crippen LogP) is 3.62. The number of primary amides is 2. The fourth-order valence-electron chi connectivity index (χ4n) is 6.60. The van der Waals surface area contributed by atoms with Gasteiger partial charge in [0, 0.05) is 11.8 Å². The highest BCUT2D eigenvalue weighted by atomic mass is 16.6. The Morgan fingerprint density at radius 3 is 1.10 bits per heavy atom. The number of alkyl carbamates (subject to hydrolysis) is 2. The number of nitrogens with two attached hydrogens (primary N) is 2. The molecule has 51 heavy (non-hydrogen) atoms. The van der Waals surface area contributed by atoms with Crippen molar-refractivity contribution in [2.45, 2.75) is 36.8 Å². The van der Waals surface area contributed by atoms with Crippen LogP contribution in [0.25, 0.3) is 22.3 Å². The summed E-state index contributed by atoms with van der Waals surface area (Å²) in [6, 6.07) is 27.3. The Morgan fingerprint density at radius 1 is 0.510 bits per heavy atom. The van der Waals surface area contributed by atoms with Crippen molar-refractivity contribution in [3.8, 4) is 22.3 Å². The summed E-state index contributed by atoms with van der Waals surface area (Å²) in [5.74, 6) is -5.32. The predicted molar refractivity (Wildman–Crippen MR) is 183 cm³/mol. The smallest absolute Gasteiger partial charge is 0.407 e. The highest BCUT2D eigenvalue weighted by Gasteiger charge is 2.34. The second kappa shape index (κ2) is 14.9. The maximum atomic E-state index is 13.0. The monoisotopic (exact) mass is 690 g/mol. The molecule has 0 fully saturated rings. The van der Waals surface area contributed by atoms with E-state index in [1.54, 1.807) is 0 Å². The molecule has 6 rings (SSSR count). The Balaban J connectivity index is 1.06. The van der Waals surface area contributed by atoms with Crippen molar-refractivity contribution in [2.75, 3.05) is 13.2 Å². The highest BCUT2D eigenvalue weighted by Crippen LogP contribution is 2.45. The van der Waals surface area contributed by atoms with Gasteiger partial charge in [-0.05, 0) is 44.5 Å². The summed E-state index contributed by atoms with van der Waals surface area (Å²) in [7, 11) is 0. The third-order valence-electron chi connectivity index (χ3n) is 8.85. The van der Waals surface area contributed by atoms with Crippen molar-refractivity contribution in [3.63, 3.8) is 0 Å². The maximum Gasteiger partial charge on any atom is 0.407 e. The van der Waals surface area contributed by atoms with E-state index in [2.05, 4.69) is 10.6 Å². The fraction of sp³-hybridized carbons (Fsp3) is 0.211. The van der Waals surface area contributed by atoms with Crippen LogP contribution in [0.5, 0.6) is 0 Å². The molecule has 0 spiro atoms. The summed E-state index contributed by atoms with van der Waals surface area (Å²) in [6.45, 7) is -0.191. The second-order valence-corrected chi connectivity index (χ2v) is 12.1. The van der Waals surface area contributed by atoms with Crippen molar-refractivity contribution >= 4 is 35.9 Å². The molecule has 2 atom stereocenters. The molecule has 0 bridgehead atoms. The number of ether oxygens (including phenoxy) is 3. The molecule has 2 aliphatic rings. The van der Waals surface area contributed by atoms with E-state index >= 15 is 0 Å². The van der Waals surface area contributed by atoms with Gasteiger partial charge in [-0.25, -0.2) is 19.2 Å². The normalized spacial score (nSPS) is 13.7. The number of rotatable bonds is 12. The van der Waals surface area contributed by atoms with E-state index in [4.69, 9.17) is 25.7 Å². The molecule has 0 saturated carbocycles. The number of hydrogen-bond acceptors (Lipinski definition) is 9. The summed E-state index contributed by atoms with van der Waals surface area (Å²) < 4.78 is 15.8. The maximum absolute atomic E-state index is 13.0. The van der Waals surface area contributed by atoms with Crippen LogP contribution in [-0.4, -0.2) is 61.2 Å². The third kappa shape index (κ3) is 7.57. The van der Waals surface area contributed by atoms with Crippen molar-refractivity contribution in [1.29, 1.82) is 0 Å². The Kier molecular flexibility index (Phi) is 10.1. The lowest BCUT2D eigenvalue weighted by Gasteiger charge is -2.20. The first-order valence-corrected chi connectivity index (χ1v) is 16.2. The van der Waals surface area contributed by atoms with Crippen molar-refractivity contribution in [2.24, 2.45) is 11.5 Å². The van der Waals surface area contributed by atoms with E-state index in [1.807, 2.05) is 97.1 Å². The lowest BCUT2D eigenvalue weighted by molar-refractivity contribution is -0.163. The van der Waals surface area contributed by atoms with Crippen molar-refractivity contribution in [1.82, 2.24) is 10.6 Å². The zero-order chi connectivity index (χ0) is 36.1. The molecule has 0 heterocycles. The number of benzene rings is 4. The lowest BCUT2D eigenvalue weighted by Crippen LogP contribution is -2.49. The van der Waals surface area contributed by atoms with Crippen LogP contribution >= 0.6 is 0 Å². The molecular formula is C38H34N4O9.